The summed E-state index contributed by atoms with van der Waals surface area (Å²) in [5.41, 5.74) is 1.12. The third-order valence-corrected chi connectivity index (χ3v) is 5.83. The summed E-state index contributed by atoms with van der Waals surface area (Å²) < 4.78 is 0. The molecule has 2 fully saturated rings. The van der Waals surface area contributed by atoms with Crippen LogP contribution in [0.5, 0.6) is 0 Å². The van der Waals surface area contributed by atoms with Gasteiger partial charge in [-0.1, -0.05) is 42.5 Å². The SMILES string of the molecule is O=C(Cc1ccccc1)N1CCN(C[C@@H]2C[C@@H]3C=C[C@@H]2C3)CC1. The molecule has 3 atom stereocenters. The average Bonchev–Trinajstić information content (AvgIpc) is 3.19. The second-order valence-corrected chi connectivity index (χ2v) is 7.38. The van der Waals surface area contributed by atoms with Crippen LogP contribution >= 0.6 is 0 Å². The van der Waals surface area contributed by atoms with Gasteiger partial charge >= 0.3 is 0 Å². The van der Waals surface area contributed by atoms with E-state index in [4.69, 9.17) is 0 Å². The van der Waals surface area contributed by atoms with Crippen LogP contribution in [0.2, 0.25) is 0 Å². The fourth-order valence-electron chi connectivity index (χ4n) is 4.50. The highest BCUT2D eigenvalue weighted by atomic mass is 16.2. The van der Waals surface area contributed by atoms with E-state index in [1.165, 1.54) is 19.4 Å². The Morgan fingerprint density at radius 2 is 1.78 bits per heavy atom. The largest absolute Gasteiger partial charge is 0.340 e. The zero-order valence-corrected chi connectivity index (χ0v) is 13.7. The highest BCUT2D eigenvalue weighted by Gasteiger charge is 2.36. The summed E-state index contributed by atoms with van der Waals surface area (Å²) in [6, 6.07) is 10.1. The number of piperazine rings is 1. The smallest absolute Gasteiger partial charge is 0.227 e. The first-order valence-electron chi connectivity index (χ1n) is 9.00. The molecule has 122 valence electrons. The Hall–Kier alpha value is -1.61. The molecule has 1 saturated carbocycles. The molecule has 0 radical (unpaired) electrons. The van der Waals surface area contributed by atoms with Gasteiger partial charge in [0.2, 0.25) is 5.91 Å². The van der Waals surface area contributed by atoms with Crippen molar-refractivity contribution >= 4 is 5.91 Å². The molecule has 2 bridgehead atoms. The van der Waals surface area contributed by atoms with Crippen LogP contribution in [0.4, 0.5) is 0 Å². The van der Waals surface area contributed by atoms with E-state index in [1.54, 1.807) is 0 Å². The van der Waals surface area contributed by atoms with Crippen molar-refractivity contribution < 1.29 is 4.79 Å². The molecule has 0 aromatic heterocycles. The number of hydrogen-bond donors (Lipinski definition) is 0. The van der Waals surface area contributed by atoms with Gasteiger partial charge < -0.3 is 4.90 Å². The van der Waals surface area contributed by atoms with Crippen molar-refractivity contribution in [2.24, 2.45) is 17.8 Å². The van der Waals surface area contributed by atoms with E-state index in [0.717, 1.165) is 49.5 Å². The van der Waals surface area contributed by atoms with Crippen molar-refractivity contribution in [3.63, 3.8) is 0 Å². The maximum Gasteiger partial charge on any atom is 0.227 e. The average molecular weight is 310 g/mol. The third kappa shape index (κ3) is 3.35. The van der Waals surface area contributed by atoms with Crippen molar-refractivity contribution in [1.82, 2.24) is 9.80 Å². The lowest BCUT2D eigenvalue weighted by Crippen LogP contribution is -2.50. The summed E-state index contributed by atoms with van der Waals surface area (Å²) in [5, 5.41) is 0. The van der Waals surface area contributed by atoms with E-state index < -0.39 is 0 Å². The van der Waals surface area contributed by atoms with Crippen LogP contribution in [0.25, 0.3) is 0 Å². The Bertz CT molecular complexity index is 575. The van der Waals surface area contributed by atoms with Crippen LogP contribution in [0.15, 0.2) is 42.5 Å². The quantitative estimate of drug-likeness (QED) is 0.798. The van der Waals surface area contributed by atoms with Gasteiger partial charge in [0.15, 0.2) is 0 Å². The number of fused-ring (bicyclic) bond motifs is 2. The molecule has 0 N–H and O–H groups in total. The molecular weight excluding hydrogens is 284 g/mol. The van der Waals surface area contributed by atoms with Crippen LogP contribution < -0.4 is 0 Å². The standard InChI is InChI=1S/C20H26N2O/c23-20(14-16-4-2-1-3-5-16)22-10-8-21(9-11-22)15-19-13-17-6-7-18(19)12-17/h1-7,17-19H,8-15H2/t17-,18-,19+/m1/s1. The summed E-state index contributed by atoms with van der Waals surface area (Å²) in [7, 11) is 0. The first kappa shape index (κ1) is 14.9. The number of rotatable bonds is 4. The van der Waals surface area contributed by atoms with E-state index >= 15 is 0 Å². The van der Waals surface area contributed by atoms with Gasteiger partial charge in [0, 0.05) is 32.7 Å². The van der Waals surface area contributed by atoms with Gasteiger partial charge in [-0.2, -0.15) is 0 Å². The molecule has 1 aromatic carbocycles. The molecule has 1 heterocycles. The molecule has 0 unspecified atom stereocenters. The molecule has 1 aromatic rings. The predicted molar refractivity (Wildman–Crippen MR) is 92.0 cm³/mol. The van der Waals surface area contributed by atoms with Gasteiger partial charge in [-0.25, -0.2) is 0 Å². The van der Waals surface area contributed by atoms with Gasteiger partial charge in [0.25, 0.3) is 0 Å². The molecule has 3 nitrogen and oxygen atoms in total. The van der Waals surface area contributed by atoms with Crippen molar-refractivity contribution in [2.45, 2.75) is 19.3 Å². The molecule has 2 aliphatic carbocycles. The van der Waals surface area contributed by atoms with E-state index in [1.807, 2.05) is 35.2 Å². The molecule has 4 rings (SSSR count). The van der Waals surface area contributed by atoms with Crippen LogP contribution in [0.3, 0.4) is 0 Å². The van der Waals surface area contributed by atoms with Crippen molar-refractivity contribution in [3.05, 3.63) is 48.0 Å². The normalized spacial score (nSPS) is 30.1. The number of allylic oxidation sites excluding steroid dienone is 2. The fourth-order valence-corrected chi connectivity index (χ4v) is 4.50. The number of amides is 1. The molecular formula is C20H26N2O. The highest BCUT2D eigenvalue weighted by molar-refractivity contribution is 5.78. The minimum Gasteiger partial charge on any atom is -0.340 e. The fraction of sp³-hybridized carbons (Fsp3) is 0.550. The lowest BCUT2D eigenvalue weighted by Gasteiger charge is -2.37. The monoisotopic (exact) mass is 310 g/mol. The van der Waals surface area contributed by atoms with E-state index in [-0.39, 0.29) is 5.91 Å². The van der Waals surface area contributed by atoms with E-state index in [2.05, 4.69) is 17.1 Å². The Morgan fingerprint density at radius 3 is 2.43 bits per heavy atom. The first-order valence-corrected chi connectivity index (χ1v) is 9.00. The number of carbonyl (C=O) groups is 1. The lowest BCUT2D eigenvalue weighted by atomic mass is 9.93. The summed E-state index contributed by atoms with van der Waals surface area (Å²) >= 11 is 0. The molecule has 0 spiro atoms. The van der Waals surface area contributed by atoms with Gasteiger partial charge in [0.05, 0.1) is 6.42 Å². The second-order valence-electron chi connectivity index (χ2n) is 7.38. The van der Waals surface area contributed by atoms with Crippen molar-refractivity contribution in [1.29, 1.82) is 0 Å². The predicted octanol–water partition coefficient (Wildman–Crippen LogP) is 2.59. The van der Waals surface area contributed by atoms with E-state index in [0.29, 0.717) is 6.42 Å². The Kier molecular flexibility index (Phi) is 4.21. The Morgan fingerprint density at radius 1 is 1.00 bits per heavy atom. The molecule has 3 aliphatic rings. The topological polar surface area (TPSA) is 23.6 Å². The maximum atomic E-state index is 12.4. The summed E-state index contributed by atoms with van der Waals surface area (Å²) in [4.78, 5) is 17.0. The zero-order valence-electron chi connectivity index (χ0n) is 13.7. The van der Waals surface area contributed by atoms with Gasteiger partial charge in [-0.15, -0.1) is 0 Å². The van der Waals surface area contributed by atoms with Gasteiger partial charge in [-0.3, -0.25) is 9.69 Å². The number of benzene rings is 1. The number of nitrogens with zero attached hydrogens (tertiary/aromatic N) is 2. The van der Waals surface area contributed by atoms with Crippen LogP contribution in [-0.2, 0) is 11.2 Å². The Balaban J connectivity index is 1.24. The van der Waals surface area contributed by atoms with E-state index in [9.17, 15) is 4.79 Å². The van der Waals surface area contributed by atoms with Gasteiger partial charge in [0.1, 0.15) is 0 Å². The zero-order chi connectivity index (χ0) is 15.6. The van der Waals surface area contributed by atoms with Crippen molar-refractivity contribution in [2.75, 3.05) is 32.7 Å². The molecule has 3 heteroatoms. The van der Waals surface area contributed by atoms with Crippen molar-refractivity contribution in [3.8, 4) is 0 Å². The number of carbonyl (C=O) groups excluding carboxylic acids is 1. The summed E-state index contributed by atoms with van der Waals surface area (Å²) in [6.07, 6.45) is 8.17. The lowest BCUT2D eigenvalue weighted by molar-refractivity contribution is -0.132. The summed E-state index contributed by atoms with van der Waals surface area (Å²) in [5.74, 6) is 2.83. The van der Waals surface area contributed by atoms with Gasteiger partial charge in [-0.05, 0) is 36.2 Å². The highest BCUT2D eigenvalue weighted by Crippen LogP contribution is 2.43. The second kappa shape index (κ2) is 6.48. The molecule has 1 aliphatic heterocycles. The van der Waals surface area contributed by atoms with Crippen LogP contribution in [0, 0.1) is 17.8 Å². The minimum atomic E-state index is 0.277. The molecule has 1 saturated heterocycles. The van der Waals surface area contributed by atoms with Crippen LogP contribution in [0.1, 0.15) is 18.4 Å². The molecule has 23 heavy (non-hydrogen) atoms. The molecule has 1 amide bonds. The third-order valence-electron chi connectivity index (χ3n) is 5.83. The maximum absolute atomic E-state index is 12.4. The summed E-state index contributed by atoms with van der Waals surface area (Å²) in [6.45, 7) is 5.09. The van der Waals surface area contributed by atoms with Crippen LogP contribution in [-0.4, -0.2) is 48.4 Å². The Labute approximate surface area is 139 Å². The first-order chi connectivity index (χ1) is 11.3. The number of hydrogen-bond acceptors (Lipinski definition) is 2. The minimum absolute atomic E-state index is 0.277.